The standard InChI is InChI=1S/C12H14F3NO/c1-2-3-4-10(16)9-7-8(12(13,14)15)5-6-11(9)17/h2,5-7,10,17H,1,3-4,16H2/t10-/m1/s1. The van der Waals surface area contributed by atoms with Crippen LogP contribution in [0.5, 0.6) is 5.75 Å². The summed E-state index contributed by atoms with van der Waals surface area (Å²) >= 11 is 0. The molecule has 0 aliphatic heterocycles. The molecule has 0 amide bonds. The lowest BCUT2D eigenvalue weighted by Gasteiger charge is -2.15. The summed E-state index contributed by atoms with van der Waals surface area (Å²) in [5.41, 5.74) is 5.03. The van der Waals surface area contributed by atoms with Gasteiger partial charge in [-0.15, -0.1) is 6.58 Å². The second-order valence-corrected chi connectivity index (χ2v) is 3.74. The Morgan fingerprint density at radius 3 is 2.59 bits per heavy atom. The van der Waals surface area contributed by atoms with Gasteiger partial charge in [0, 0.05) is 11.6 Å². The Hall–Kier alpha value is -1.49. The Morgan fingerprint density at radius 1 is 1.41 bits per heavy atom. The first-order valence-electron chi connectivity index (χ1n) is 5.13. The quantitative estimate of drug-likeness (QED) is 0.799. The van der Waals surface area contributed by atoms with Crippen LogP contribution in [0.3, 0.4) is 0 Å². The van der Waals surface area contributed by atoms with Crippen molar-refractivity contribution in [1.82, 2.24) is 0 Å². The van der Waals surface area contributed by atoms with E-state index in [-0.39, 0.29) is 11.3 Å². The summed E-state index contributed by atoms with van der Waals surface area (Å²) < 4.78 is 37.4. The second kappa shape index (κ2) is 5.23. The van der Waals surface area contributed by atoms with E-state index in [9.17, 15) is 18.3 Å². The van der Waals surface area contributed by atoms with Crippen molar-refractivity contribution in [2.24, 2.45) is 5.73 Å². The molecule has 94 valence electrons. The SMILES string of the molecule is C=CCC[C@@H](N)c1cc(C(F)(F)F)ccc1O. The van der Waals surface area contributed by atoms with Crippen LogP contribution in [0.1, 0.15) is 30.0 Å². The molecule has 0 aliphatic rings. The topological polar surface area (TPSA) is 46.2 Å². The number of rotatable bonds is 4. The van der Waals surface area contributed by atoms with Crippen molar-refractivity contribution in [3.8, 4) is 5.75 Å². The number of aromatic hydroxyl groups is 1. The average Bonchev–Trinajstić information content (AvgIpc) is 2.24. The largest absolute Gasteiger partial charge is 0.508 e. The lowest BCUT2D eigenvalue weighted by molar-refractivity contribution is -0.137. The third-order valence-electron chi connectivity index (χ3n) is 2.44. The molecule has 0 heterocycles. The molecule has 0 saturated heterocycles. The molecule has 0 fully saturated rings. The van der Waals surface area contributed by atoms with E-state index in [2.05, 4.69) is 6.58 Å². The fraction of sp³-hybridized carbons (Fsp3) is 0.333. The zero-order chi connectivity index (χ0) is 13.1. The van der Waals surface area contributed by atoms with Crippen molar-refractivity contribution < 1.29 is 18.3 Å². The lowest BCUT2D eigenvalue weighted by atomic mass is 9.99. The van der Waals surface area contributed by atoms with Crippen LogP contribution in [0.15, 0.2) is 30.9 Å². The van der Waals surface area contributed by atoms with Crippen molar-refractivity contribution in [2.75, 3.05) is 0 Å². The molecule has 2 nitrogen and oxygen atoms in total. The van der Waals surface area contributed by atoms with Gasteiger partial charge >= 0.3 is 6.18 Å². The van der Waals surface area contributed by atoms with E-state index in [1.807, 2.05) is 0 Å². The van der Waals surface area contributed by atoms with Gasteiger partial charge in [-0.1, -0.05) is 6.08 Å². The van der Waals surface area contributed by atoms with Crippen LogP contribution in [0.25, 0.3) is 0 Å². The third kappa shape index (κ3) is 3.49. The van der Waals surface area contributed by atoms with Crippen molar-refractivity contribution in [3.63, 3.8) is 0 Å². The van der Waals surface area contributed by atoms with Gasteiger partial charge in [0.05, 0.1) is 5.56 Å². The fourth-order valence-electron chi connectivity index (χ4n) is 1.48. The third-order valence-corrected chi connectivity index (χ3v) is 2.44. The Labute approximate surface area is 97.6 Å². The Morgan fingerprint density at radius 2 is 2.06 bits per heavy atom. The smallest absolute Gasteiger partial charge is 0.416 e. The summed E-state index contributed by atoms with van der Waals surface area (Å²) in [7, 11) is 0. The van der Waals surface area contributed by atoms with Crippen LogP contribution in [-0.2, 0) is 6.18 Å². The zero-order valence-electron chi connectivity index (χ0n) is 9.17. The molecular formula is C12H14F3NO. The summed E-state index contributed by atoms with van der Waals surface area (Å²) in [6.45, 7) is 3.51. The van der Waals surface area contributed by atoms with Crippen molar-refractivity contribution >= 4 is 0 Å². The monoisotopic (exact) mass is 245 g/mol. The van der Waals surface area contributed by atoms with Crippen molar-refractivity contribution in [3.05, 3.63) is 42.0 Å². The van der Waals surface area contributed by atoms with Crippen molar-refractivity contribution in [2.45, 2.75) is 25.1 Å². The van der Waals surface area contributed by atoms with Crippen LogP contribution in [-0.4, -0.2) is 5.11 Å². The maximum Gasteiger partial charge on any atom is 0.416 e. The summed E-state index contributed by atoms with van der Waals surface area (Å²) in [6.07, 6.45) is -1.78. The number of nitrogens with two attached hydrogens (primary N) is 1. The minimum absolute atomic E-state index is 0.113. The summed E-state index contributed by atoms with van der Waals surface area (Å²) in [5.74, 6) is -0.213. The number of phenolic OH excluding ortho intramolecular Hbond substituents is 1. The number of hydrogen-bond donors (Lipinski definition) is 2. The van der Waals surface area contributed by atoms with Gasteiger partial charge in [0.25, 0.3) is 0 Å². The van der Waals surface area contributed by atoms with Crippen LogP contribution in [0.4, 0.5) is 13.2 Å². The molecule has 0 spiro atoms. The normalized spacial score (nSPS) is 13.4. The fourth-order valence-corrected chi connectivity index (χ4v) is 1.48. The number of phenols is 1. The van der Waals surface area contributed by atoms with E-state index >= 15 is 0 Å². The maximum absolute atomic E-state index is 12.5. The molecule has 0 saturated carbocycles. The second-order valence-electron chi connectivity index (χ2n) is 3.74. The highest BCUT2D eigenvalue weighted by molar-refractivity contribution is 5.39. The van der Waals surface area contributed by atoms with Crippen LogP contribution in [0, 0.1) is 0 Å². The molecule has 0 radical (unpaired) electrons. The lowest BCUT2D eigenvalue weighted by Crippen LogP contribution is -2.12. The van der Waals surface area contributed by atoms with E-state index in [1.54, 1.807) is 6.08 Å². The molecule has 0 bridgehead atoms. The van der Waals surface area contributed by atoms with E-state index in [0.717, 1.165) is 18.2 Å². The molecule has 1 aromatic rings. The zero-order valence-corrected chi connectivity index (χ0v) is 9.17. The maximum atomic E-state index is 12.5. The van der Waals surface area contributed by atoms with E-state index < -0.39 is 17.8 Å². The predicted molar refractivity (Wildman–Crippen MR) is 59.5 cm³/mol. The van der Waals surface area contributed by atoms with Gasteiger partial charge in [-0.05, 0) is 31.0 Å². The predicted octanol–water partition coefficient (Wildman–Crippen LogP) is 3.38. The Kier molecular flexibility index (Phi) is 4.17. The summed E-state index contributed by atoms with van der Waals surface area (Å²) in [6, 6.07) is 2.11. The summed E-state index contributed by atoms with van der Waals surface area (Å²) in [5, 5.41) is 9.50. The van der Waals surface area contributed by atoms with Gasteiger partial charge in [0.2, 0.25) is 0 Å². The average molecular weight is 245 g/mol. The van der Waals surface area contributed by atoms with Gasteiger partial charge in [0.1, 0.15) is 5.75 Å². The molecule has 1 aromatic carbocycles. The highest BCUT2D eigenvalue weighted by Gasteiger charge is 2.31. The van der Waals surface area contributed by atoms with Gasteiger partial charge in [-0.2, -0.15) is 13.2 Å². The highest BCUT2D eigenvalue weighted by Crippen LogP contribution is 2.34. The molecule has 1 atom stereocenters. The molecule has 0 aliphatic carbocycles. The molecule has 1 rings (SSSR count). The van der Waals surface area contributed by atoms with Gasteiger partial charge in [0.15, 0.2) is 0 Å². The number of allylic oxidation sites excluding steroid dienone is 1. The highest BCUT2D eigenvalue weighted by atomic mass is 19.4. The number of alkyl halides is 3. The molecule has 3 N–H and O–H groups in total. The van der Waals surface area contributed by atoms with Gasteiger partial charge in [-0.25, -0.2) is 0 Å². The molecular weight excluding hydrogens is 231 g/mol. The first-order valence-corrected chi connectivity index (χ1v) is 5.13. The minimum Gasteiger partial charge on any atom is -0.508 e. The van der Waals surface area contributed by atoms with Crippen molar-refractivity contribution in [1.29, 1.82) is 0 Å². The van der Waals surface area contributed by atoms with Gasteiger partial charge < -0.3 is 10.8 Å². The minimum atomic E-state index is -4.43. The Balaban J connectivity index is 3.02. The number of hydrogen-bond acceptors (Lipinski definition) is 2. The molecule has 17 heavy (non-hydrogen) atoms. The molecule has 5 heteroatoms. The van der Waals surface area contributed by atoms with Crippen LogP contribution < -0.4 is 5.73 Å². The Bertz CT molecular complexity index is 401. The van der Waals surface area contributed by atoms with Crippen LogP contribution >= 0.6 is 0 Å². The first-order chi connectivity index (χ1) is 7.86. The first kappa shape index (κ1) is 13.6. The number of halogens is 3. The van der Waals surface area contributed by atoms with E-state index in [4.69, 9.17) is 5.73 Å². The van der Waals surface area contributed by atoms with Gasteiger partial charge in [-0.3, -0.25) is 0 Å². The number of benzene rings is 1. The van der Waals surface area contributed by atoms with Crippen LogP contribution in [0.2, 0.25) is 0 Å². The molecule has 0 unspecified atom stereocenters. The van der Waals surface area contributed by atoms with E-state index in [0.29, 0.717) is 12.8 Å². The summed E-state index contributed by atoms with van der Waals surface area (Å²) in [4.78, 5) is 0. The molecule has 0 aromatic heterocycles. The van der Waals surface area contributed by atoms with E-state index in [1.165, 1.54) is 0 Å².